The van der Waals surface area contributed by atoms with Gasteiger partial charge in [-0.3, -0.25) is 0 Å². The summed E-state index contributed by atoms with van der Waals surface area (Å²) >= 11 is 3.28. The first-order valence-corrected chi connectivity index (χ1v) is 6.26. The molecule has 0 aromatic heterocycles. The van der Waals surface area contributed by atoms with Crippen molar-refractivity contribution in [2.45, 2.75) is 19.3 Å². The minimum atomic E-state index is -0.307. The first-order valence-electron chi connectivity index (χ1n) is 5.46. The van der Waals surface area contributed by atoms with E-state index in [0.717, 1.165) is 30.3 Å². The summed E-state index contributed by atoms with van der Waals surface area (Å²) in [5, 5.41) is 3.09. The molecule has 2 nitrogen and oxygen atoms in total. The van der Waals surface area contributed by atoms with E-state index in [1.165, 1.54) is 6.07 Å². The molecule has 0 amide bonds. The molecule has 1 aromatic carbocycles. The van der Waals surface area contributed by atoms with Gasteiger partial charge < -0.3 is 10.1 Å². The Labute approximate surface area is 104 Å². The van der Waals surface area contributed by atoms with E-state index in [2.05, 4.69) is 21.2 Å². The van der Waals surface area contributed by atoms with Gasteiger partial charge in [0.2, 0.25) is 0 Å². The van der Waals surface area contributed by atoms with Crippen LogP contribution < -0.4 is 10.1 Å². The van der Waals surface area contributed by atoms with Crippen LogP contribution in [0.5, 0.6) is 5.75 Å². The normalized spacial score (nSPS) is 10.4. The maximum absolute atomic E-state index is 13.2. The van der Waals surface area contributed by atoms with Crippen molar-refractivity contribution >= 4 is 15.9 Å². The predicted molar refractivity (Wildman–Crippen MR) is 67.4 cm³/mol. The molecular weight excluding hydrogens is 273 g/mol. The number of unbranched alkanes of at least 4 members (excludes halogenated alkanes) is 2. The molecule has 1 N–H and O–H groups in total. The highest BCUT2D eigenvalue weighted by Gasteiger charge is 2.03. The van der Waals surface area contributed by atoms with Crippen LogP contribution in [0.1, 0.15) is 19.3 Å². The fourth-order valence-electron chi connectivity index (χ4n) is 1.35. The quantitative estimate of drug-likeness (QED) is 0.777. The van der Waals surface area contributed by atoms with Gasteiger partial charge >= 0.3 is 0 Å². The Morgan fingerprint density at radius 3 is 2.88 bits per heavy atom. The van der Waals surface area contributed by atoms with E-state index in [9.17, 15) is 4.39 Å². The predicted octanol–water partition coefficient (Wildman–Crippen LogP) is 3.36. The number of nitrogens with one attached hydrogen (secondary N) is 1. The summed E-state index contributed by atoms with van der Waals surface area (Å²) in [5.41, 5.74) is 0. The Bertz CT molecular complexity index is 320. The van der Waals surface area contributed by atoms with E-state index in [1.54, 1.807) is 12.1 Å². The van der Waals surface area contributed by atoms with Crippen LogP contribution in [0, 0.1) is 5.82 Å². The number of rotatable bonds is 7. The van der Waals surface area contributed by atoms with Crippen molar-refractivity contribution in [2.75, 3.05) is 20.2 Å². The molecule has 0 bridgehead atoms. The molecule has 4 heteroatoms. The molecule has 0 aliphatic heterocycles. The van der Waals surface area contributed by atoms with Crippen LogP contribution in [0.15, 0.2) is 22.7 Å². The minimum Gasteiger partial charge on any atom is -0.490 e. The average Bonchev–Trinajstić information content (AvgIpc) is 2.28. The smallest absolute Gasteiger partial charge is 0.165 e. The lowest BCUT2D eigenvalue weighted by atomic mass is 10.2. The monoisotopic (exact) mass is 289 g/mol. The van der Waals surface area contributed by atoms with Crippen molar-refractivity contribution in [3.05, 3.63) is 28.5 Å². The fourth-order valence-corrected chi connectivity index (χ4v) is 1.69. The molecule has 0 unspecified atom stereocenters. The van der Waals surface area contributed by atoms with Crippen LogP contribution in [0.2, 0.25) is 0 Å². The summed E-state index contributed by atoms with van der Waals surface area (Å²) in [6.45, 7) is 1.59. The first kappa shape index (κ1) is 13.5. The van der Waals surface area contributed by atoms with Gasteiger partial charge in [-0.15, -0.1) is 0 Å². The van der Waals surface area contributed by atoms with Gasteiger partial charge in [-0.05, 0) is 51.1 Å². The molecule has 0 aliphatic carbocycles. The Kier molecular flexibility index (Phi) is 6.42. The summed E-state index contributed by atoms with van der Waals surface area (Å²) in [5.74, 6) is 0.0152. The van der Waals surface area contributed by atoms with Gasteiger partial charge in [-0.25, -0.2) is 4.39 Å². The molecule has 16 heavy (non-hydrogen) atoms. The molecule has 1 rings (SSSR count). The number of halogens is 2. The van der Waals surface area contributed by atoms with E-state index in [0.29, 0.717) is 12.4 Å². The summed E-state index contributed by atoms with van der Waals surface area (Å²) in [7, 11) is 1.94. The van der Waals surface area contributed by atoms with Crippen LogP contribution in [0.25, 0.3) is 0 Å². The third-order valence-electron chi connectivity index (χ3n) is 2.22. The van der Waals surface area contributed by atoms with E-state index >= 15 is 0 Å². The lowest BCUT2D eigenvalue weighted by Crippen LogP contribution is -2.08. The van der Waals surface area contributed by atoms with Gasteiger partial charge in [-0.1, -0.05) is 15.9 Å². The van der Waals surface area contributed by atoms with Crippen molar-refractivity contribution in [2.24, 2.45) is 0 Å². The standard InChI is InChI=1S/C12H17BrFNO/c1-15-7-3-2-4-8-16-12-9-10(13)5-6-11(12)14/h5-6,9,15H,2-4,7-8H2,1H3. The Morgan fingerprint density at radius 2 is 2.12 bits per heavy atom. The van der Waals surface area contributed by atoms with Gasteiger partial charge in [0.25, 0.3) is 0 Å². The number of ether oxygens (including phenoxy) is 1. The molecule has 0 aliphatic rings. The molecule has 0 radical (unpaired) electrons. The van der Waals surface area contributed by atoms with E-state index < -0.39 is 0 Å². The highest BCUT2D eigenvalue weighted by Crippen LogP contribution is 2.22. The lowest BCUT2D eigenvalue weighted by molar-refractivity contribution is 0.290. The number of hydrogen-bond acceptors (Lipinski definition) is 2. The van der Waals surface area contributed by atoms with Gasteiger partial charge in [0.05, 0.1) is 6.61 Å². The largest absolute Gasteiger partial charge is 0.490 e. The highest BCUT2D eigenvalue weighted by atomic mass is 79.9. The second kappa shape index (κ2) is 7.63. The zero-order chi connectivity index (χ0) is 11.8. The number of hydrogen-bond donors (Lipinski definition) is 1. The number of benzene rings is 1. The van der Waals surface area contributed by atoms with Gasteiger partial charge in [0.1, 0.15) is 0 Å². The van der Waals surface area contributed by atoms with Crippen molar-refractivity contribution in [3.63, 3.8) is 0 Å². The SMILES string of the molecule is CNCCCCCOc1cc(Br)ccc1F. The topological polar surface area (TPSA) is 21.3 Å². The van der Waals surface area contributed by atoms with Crippen LogP contribution in [-0.2, 0) is 0 Å². The molecule has 0 spiro atoms. The summed E-state index contributed by atoms with van der Waals surface area (Å²) in [6.07, 6.45) is 3.17. The maximum atomic E-state index is 13.2. The third-order valence-corrected chi connectivity index (χ3v) is 2.72. The molecule has 0 fully saturated rings. The molecule has 0 heterocycles. The molecular formula is C12H17BrFNO. The van der Waals surface area contributed by atoms with Crippen LogP contribution in [0.4, 0.5) is 4.39 Å². The van der Waals surface area contributed by atoms with E-state index in [4.69, 9.17) is 4.74 Å². The second-order valence-electron chi connectivity index (χ2n) is 3.59. The van der Waals surface area contributed by atoms with Crippen LogP contribution in [-0.4, -0.2) is 20.2 Å². The summed E-state index contributed by atoms with van der Waals surface area (Å²) < 4.78 is 19.4. The second-order valence-corrected chi connectivity index (χ2v) is 4.50. The maximum Gasteiger partial charge on any atom is 0.165 e. The zero-order valence-electron chi connectivity index (χ0n) is 9.43. The van der Waals surface area contributed by atoms with Gasteiger partial charge in [0.15, 0.2) is 11.6 Å². The molecule has 0 saturated carbocycles. The van der Waals surface area contributed by atoms with Gasteiger partial charge in [0, 0.05) is 4.47 Å². The minimum absolute atomic E-state index is 0.307. The van der Waals surface area contributed by atoms with Crippen molar-refractivity contribution < 1.29 is 9.13 Å². The van der Waals surface area contributed by atoms with E-state index in [-0.39, 0.29) is 5.82 Å². The fraction of sp³-hybridized carbons (Fsp3) is 0.500. The van der Waals surface area contributed by atoms with Crippen LogP contribution >= 0.6 is 15.9 Å². The summed E-state index contributed by atoms with van der Waals surface area (Å²) in [6, 6.07) is 4.72. The van der Waals surface area contributed by atoms with Crippen molar-refractivity contribution in [1.29, 1.82) is 0 Å². The lowest BCUT2D eigenvalue weighted by Gasteiger charge is -2.07. The van der Waals surface area contributed by atoms with Crippen LogP contribution in [0.3, 0.4) is 0 Å². The summed E-state index contributed by atoms with van der Waals surface area (Å²) in [4.78, 5) is 0. The average molecular weight is 290 g/mol. The van der Waals surface area contributed by atoms with Gasteiger partial charge in [-0.2, -0.15) is 0 Å². The van der Waals surface area contributed by atoms with E-state index in [1.807, 2.05) is 7.05 Å². The molecule has 1 aromatic rings. The third kappa shape index (κ3) is 4.94. The van der Waals surface area contributed by atoms with Crippen molar-refractivity contribution in [1.82, 2.24) is 5.32 Å². The molecule has 90 valence electrons. The molecule has 0 atom stereocenters. The Balaban J connectivity index is 2.23. The Morgan fingerprint density at radius 1 is 1.31 bits per heavy atom. The zero-order valence-corrected chi connectivity index (χ0v) is 11.0. The first-order chi connectivity index (χ1) is 7.74. The molecule has 0 saturated heterocycles. The highest BCUT2D eigenvalue weighted by molar-refractivity contribution is 9.10. The Hall–Kier alpha value is -0.610. The van der Waals surface area contributed by atoms with Crippen molar-refractivity contribution in [3.8, 4) is 5.75 Å².